The number of piperidine rings is 1. The first-order valence-electron chi connectivity index (χ1n) is 11.9. The van der Waals surface area contributed by atoms with E-state index in [2.05, 4.69) is 75.1 Å². The highest BCUT2D eigenvalue weighted by Crippen LogP contribution is 2.33. The Morgan fingerprint density at radius 2 is 1.67 bits per heavy atom. The number of aryl methyl sites for hydroxylation is 1. The Balaban J connectivity index is 1.94. The van der Waals surface area contributed by atoms with Crippen LogP contribution >= 0.6 is 0 Å². The molecule has 0 radical (unpaired) electrons. The summed E-state index contributed by atoms with van der Waals surface area (Å²) in [5.74, 6) is 0.520. The summed E-state index contributed by atoms with van der Waals surface area (Å²) in [6.45, 7) is 13.1. The van der Waals surface area contributed by atoms with Gasteiger partial charge in [0.25, 0.3) is 0 Å². The third-order valence-electron chi connectivity index (χ3n) is 6.48. The smallest absolute Gasteiger partial charge is 0.0233 e. The largest absolute Gasteiger partial charge is 0.326 e. The van der Waals surface area contributed by atoms with Gasteiger partial charge in [-0.2, -0.15) is 0 Å². The van der Waals surface area contributed by atoms with Gasteiger partial charge in [-0.25, -0.2) is 0 Å². The van der Waals surface area contributed by atoms with Gasteiger partial charge in [-0.3, -0.25) is 4.90 Å². The van der Waals surface area contributed by atoms with Crippen LogP contribution in [0.5, 0.6) is 0 Å². The van der Waals surface area contributed by atoms with Crippen molar-refractivity contribution < 1.29 is 0 Å². The fraction of sp³-hybridized carbons (Fsp3) is 0.500. The summed E-state index contributed by atoms with van der Waals surface area (Å²) in [6.07, 6.45) is 6.26. The van der Waals surface area contributed by atoms with Gasteiger partial charge < -0.3 is 5.73 Å². The molecule has 0 spiro atoms. The first-order valence-corrected chi connectivity index (χ1v) is 11.9. The highest BCUT2D eigenvalue weighted by atomic mass is 15.1. The third kappa shape index (κ3) is 5.62. The molecule has 2 heteroatoms. The summed E-state index contributed by atoms with van der Waals surface area (Å²) in [5.41, 5.74) is 15.8. The van der Waals surface area contributed by atoms with E-state index < -0.39 is 0 Å². The first-order chi connectivity index (χ1) is 14.5. The van der Waals surface area contributed by atoms with Gasteiger partial charge in [-0.1, -0.05) is 76.1 Å². The lowest BCUT2D eigenvalue weighted by molar-refractivity contribution is 0.221. The molecule has 3 rings (SSSR count). The van der Waals surface area contributed by atoms with Crippen molar-refractivity contribution in [2.45, 2.75) is 72.3 Å². The van der Waals surface area contributed by atoms with Crippen molar-refractivity contribution in [1.29, 1.82) is 0 Å². The van der Waals surface area contributed by atoms with Crippen molar-refractivity contribution in [2.75, 3.05) is 19.6 Å². The topological polar surface area (TPSA) is 29.3 Å². The summed E-state index contributed by atoms with van der Waals surface area (Å²) in [6, 6.07) is 16.2. The lowest BCUT2D eigenvalue weighted by Crippen LogP contribution is -2.29. The van der Waals surface area contributed by atoms with Crippen molar-refractivity contribution in [1.82, 2.24) is 4.90 Å². The van der Waals surface area contributed by atoms with Crippen LogP contribution in [0.3, 0.4) is 0 Å². The standard InChI is InChI=1S/C28H40N2/c1-5-9-26(28(19-29)27-18-25(21(2)3)13-10-22(27)4)24-14-11-23(12-15-24)20-30-16-7-6-8-17-30/h10-15,18,21H,5-9,16-17,19-20,29H2,1-4H3/b28-26-. The first kappa shape index (κ1) is 22.8. The summed E-state index contributed by atoms with van der Waals surface area (Å²) in [4.78, 5) is 2.59. The van der Waals surface area contributed by atoms with E-state index in [1.165, 1.54) is 71.3 Å². The maximum absolute atomic E-state index is 6.36. The number of rotatable bonds is 8. The predicted molar refractivity (Wildman–Crippen MR) is 132 cm³/mol. The van der Waals surface area contributed by atoms with E-state index in [0.29, 0.717) is 12.5 Å². The Labute approximate surface area is 184 Å². The van der Waals surface area contributed by atoms with Crippen molar-refractivity contribution in [2.24, 2.45) is 5.73 Å². The van der Waals surface area contributed by atoms with E-state index in [0.717, 1.165) is 19.4 Å². The van der Waals surface area contributed by atoms with Gasteiger partial charge in [0.2, 0.25) is 0 Å². The molecule has 0 unspecified atom stereocenters. The molecule has 1 aliphatic rings. The molecule has 1 aliphatic heterocycles. The Bertz CT molecular complexity index is 839. The Kier molecular flexibility index (Phi) is 8.30. The SMILES string of the molecule is CCC/C(=C(\CN)c1cc(C(C)C)ccc1C)c1ccc(CN2CCCCC2)cc1. The van der Waals surface area contributed by atoms with E-state index in [1.807, 2.05) is 0 Å². The minimum Gasteiger partial charge on any atom is -0.326 e. The predicted octanol–water partition coefficient (Wildman–Crippen LogP) is 6.77. The molecule has 0 aliphatic carbocycles. The molecule has 2 aromatic carbocycles. The molecule has 0 aromatic heterocycles. The molecular weight excluding hydrogens is 364 g/mol. The molecule has 0 saturated carbocycles. The van der Waals surface area contributed by atoms with E-state index in [-0.39, 0.29) is 0 Å². The number of benzene rings is 2. The lowest BCUT2D eigenvalue weighted by atomic mass is 9.87. The number of hydrogen-bond donors (Lipinski definition) is 1. The van der Waals surface area contributed by atoms with Crippen LogP contribution in [0.1, 0.15) is 86.6 Å². The minimum atomic E-state index is 0.520. The van der Waals surface area contributed by atoms with Gasteiger partial charge in [0, 0.05) is 13.1 Å². The maximum atomic E-state index is 6.36. The average Bonchev–Trinajstić information content (AvgIpc) is 2.76. The van der Waals surface area contributed by atoms with Crippen LogP contribution < -0.4 is 5.73 Å². The molecule has 2 N–H and O–H groups in total. The zero-order valence-electron chi connectivity index (χ0n) is 19.5. The van der Waals surface area contributed by atoms with E-state index in [9.17, 15) is 0 Å². The summed E-state index contributed by atoms with van der Waals surface area (Å²) >= 11 is 0. The van der Waals surface area contributed by atoms with Crippen LogP contribution in [-0.4, -0.2) is 24.5 Å². The van der Waals surface area contributed by atoms with Gasteiger partial charge in [0.15, 0.2) is 0 Å². The van der Waals surface area contributed by atoms with Gasteiger partial charge in [0.1, 0.15) is 0 Å². The Morgan fingerprint density at radius 3 is 2.27 bits per heavy atom. The van der Waals surface area contributed by atoms with Gasteiger partial charge >= 0.3 is 0 Å². The molecule has 1 heterocycles. The molecule has 0 bridgehead atoms. The number of nitrogens with zero attached hydrogens (tertiary/aromatic N) is 1. The molecule has 0 atom stereocenters. The molecule has 1 saturated heterocycles. The van der Waals surface area contributed by atoms with Gasteiger partial charge in [0.05, 0.1) is 0 Å². The average molecular weight is 405 g/mol. The third-order valence-corrected chi connectivity index (χ3v) is 6.48. The molecule has 1 fully saturated rings. The fourth-order valence-electron chi connectivity index (χ4n) is 4.63. The van der Waals surface area contributed by atoms with E-state index >= 15 is 0 Å². The maximum Gasteiger partial charge on any atom is 0.0233 e. The summed E-state index contributed by atoms with van der Waals surface area (Å²) in [7, 11) is 0. The van der Waals surface area contributed by atoms with Crippen molar-refractivity contribution >= 4 is 11.1 Å². The van der Waals surface area contributed by atoms with Crippen molar-refractivity contribution in [3.63, 3.8) is 0 Å². The van der Waals surface area contributed by atoms with Crippen LogP contribution in [-0.2, 0) is 6.54 Å². The molecule has 30 heavy (non-hydrogen) atoms. The number of hydrogen-bond acceptors (Lipinski definition) is 2. The second kappa shape index (κ2) is 10.9. The van der Waals surface area contributed by atoms with Crippen molar-refractivity contribution in [3.05, 3.63) is 70.3 Å². The second-order valence-corrected chi connectivity index (χ2v) is 9.17. The number of nitrogens with two attached hydrogens (primary N) is 1. The van der Waals surface area contributed by atoms with Crippen molar-refractivity contribution in [3.8, 4) is 0 Å². The Morgan fingerprint density at radius 1 is 0.967 bits per heavy atom. The molecule has 2 aromatic rings. The quantitative estimate of drug-likeness (QED) is 0.492. The van der Waals surface area contributed by atoms with Crippen LogP contribution in [0, 0.1) is 6.92 Å². The zero-order valence-corrected chi connectivity index (χ0v) is 19.5. The molecule has 0 amide bonds. The number of likely N-dealkylation sites (tertiary alicyclic amines) is 1. The van der Waals surface area contributed by atoms with E-state index in [1.54, 1.807) is 0 Å². The van der Waals surface area contributed by atoms with Gasteiger partial charge in [-0.15, -0.1) is 0 Å². The number of allylic oxidation sites excluding steroid dienone is 1. The second-order valence-electron chi connectivity index (χ2n) is 9.17. The Hall–Kier alpha value is -1.90. The van der Waals surface area contributed by atoms with E-state index in [4.69, 9.17) is 5.73 Å². The van der Waals surface area contributed by atoms with Crippen LogP contribution in [0.15, 0.2) is 42.5 Å². The van der Waals surface area contributed by atoms with Gasteiger partial charge in [-0.05, 0) is 84.2 Å². The van der Waals surface area contributed by atoms with Crippen LogP contribution in [0.2, 0.25) is 0 Å². The minimum absolute atomic E-state index is 0.520. The monoisotopic (exact) mass is 404 g/mol. The highest BCUT2D eigenvalue weighted by molar-refractivity contribution is 5.92. The summed E-state index contributed by atoms with van der Waals surface area (Å²) < 4.78 is 0. The molecule has 162 valence electrons. The zero-order chi connectivity index (χ0) is 21.5. The fourth-order valence-corrected chi connectivity index (χ4v) is 4.63. The normalized spacial score (nSPS) is 16.1. The lowest BCUT2D eigenvalue weighted by Gasteiger charge is -2.26. The van der Waals surface area contributed by atoms with Crippen LogP contribution in [0.25, 0.3) is 11.1 Å². The highest BCUT2D eigenvalue weighted by Gasteiger charge is 2.15. The summed E-state index contributed by atoms with van der Waals surface area (Å²) in [5, 5.41) is 0. The van der Waals surface area contributed by atoms with Crippen LogP contribution in [0.4, 0.5) is 0 Å². The molecule has 2 nitrogen and oxygen atoms in total. The molecular formula is C28H40N2.